The molecule has 0 aliphatic carbocycles. The minimum atomic E-state index is -1.23. The van der Waals surface area contributed by atoms with Gasteiger partial charge in [-0.25, -0.2) is 4.79 Å². The Bertz CT molecular complexity index is 711. The lowest BCUT2D eigenvalue weighted by Gasteiger charge is -2.18. The number of hydrogen-bond donors (Lipinski definition) is 2. The Kier molecular flexibility index (Phi) is 15.9. The molecular weight excluding hydrogens is 416 g/mol. The Morgan fingerprint density at radius 1 is 1.00 bits per heavy atom. The van der Waals surface area contributed by atoms with Crippen molar-refractivity contribution >= 4 is 23.8 Å². The first-order valence-corrected chi connectivity index (χ1v) is 10.7. The summed E-state index contributed by atoms with van der Waals surface area (Å²) < 4.78 is 14.2. The summed E-state index contributed by atoms with van der Waals surface area (Å²) in [6.45, 7) is 4.55. The molecule has 9 nitrogen and oxygen atoms in total. The maximum absolute atomic E-state index is 12.6. The number of rotatable bonds is 15. The van der Waals surface area contributed by atoms with E-state index >= 15 is 0 Å². The first-order valence-electron chi connectivity index (χ1n) is 10.7. The molecule has 32 heavy (non-hydrogen) atoms. The summed E-state index contributed by atoms with van der Waals surface area (Å²) in [5.41, 5.74) is 0.102. The van der Waals surface area contributed by atoms with Crippen LogP contribution in [0.2, 0.25) is 0 Å². The van der Waals surface area contributed by atoms with Crippen LogP contribution in [0.3, 0.4) is 0 Å². The van der Waals surface area contributed by atoms with Crippen LogP contribution >= 0.6 is 0 Å². The van der Waals surface area contributed by atoms with Gasteiger partial charge in [-0.05, 0) is 19.8 Å². The standard InChI is InChI=1S/C23H36N2O7/c1-6-7-8-9-10-11-12-13-14-17(2)21(27)24-19(16-32-18(3)26)22(28)25-20(15-30-4)23(29)31-5/h12-15,19H,6-11,16H2,1-5H3,(H,24,27)(H,25,28)/b13-12-,17-14+,20-15-. The largest absolute Gasteiger partial charge is 0.502 e. The predicted octanol–water partition coefficient (Wildman–Crippen LogP) is 2.67. The Balaban J connectivity index is 5.02. The third kappa shape index (κ3) is 13.3. The van der Waals surface area contributed by atoms with Crippen molar-refractivity contribution in [1.82, 2.24) is 10.6 Å². The molecule has 0 radical (unpaired) electrons. The molecule has 2 N–H and O–H groups in total. The number of nitrogens with one attached hydrogen (secondary N) is 2. The highest BCUT2D eigenvalue weighted by Crippen LogP contribution is 2.06. The maximum atomic E-state index is 12.6. The Morgan fingerprint density at radius 3 is 2.28 bits per heavy atom. The van der Waals surface area contributed by atoms with E-state index in [1.165, 1.54) is 39.7 Å². The number of amides is 2. The molecule has 0 spiro atoms. The number of esters is 2. The van der Waals surface area contributed by atoms with Crippen molar-refractivity contribution in [2.75, 3.05) is 20.8 Å². The fraction of sp³-hybridized carbons (Fsp3) is 0.565. The van der Waals surface area contributed by atoms with Crippen LogP contribution in [0.4, 0.5) is 0 Å². The Hall–Kier alpha value is -3.10. The molecule has 2 amide bonds. The summed E-state index contributed by atoms with van der Waals surface area (Å²) in [6, 6.07) is -1.23. The Morgan fingerprint density at radius 2 is 1.69 bits per heavy atom. The van der Waals surface area contributed by atoms with Gasteiger partial charge in [0, 0.05) is 12.5 Å². The number of allylic oxidation sites excluding steroid dienone is 3. The average Bonchev–Trinajstić information content (AvgIpc) is 2.76. The van der Waals surface area contributed by atoms with E-state index in [0.717, 1.165) is 26.2 Å². The second-order valence-electron chi connectivity index (χ2n) is 7.06. The van der Waals surface area contributed by atoms with Gasteiger partial charge in [-0.15, -0.1) is 0 Å². The molecule has 1 atom stereocenters. The zero-order valence-electron chi connectivity index (χ0n) is 19.7. The second kappa shape index (κ2) is 17.6. The third-order valence-corrected chi connectivity index (χ3v) is 4.29. The van der Waals surface area contributed by atoms with Gasteiger partial charge >= 0.3 is 11.9 Å². The SMILES string of the molecule is CCCCCCC/C=C\C=C(/C)C(=O)NC(COC(C)=O)C(=O)N/C(=C\OC)C(=O)OC. The quantitative estimate of drug-likeness (QED) is 0.129. The van der Waals surface area contributed by atoms with Gasteiger partial charge in [0.1, 0.15) is 18.9 Å². The van der Waals surface area contributed by atoms with Gasteiger partial charge in [0.15, 0.2) is 5.70 Å². The van der Waals surface area contributed by atoms with Crippen LogP contribution in [-0.4, -0.2) is 50.6 Å². The van der Waals surface area contributed by atoms with E-state index in [1.807, 2.05) is 6.08 Å². The summed E-state index contributed by atoms with van der Waals surface area (Å²) >= 11 is 0. The van der Waals surface area contributed by atoms with Crippen molar-refractivity contribution in [1.29, 1.82) is 0 Å². The molecule has 0 aromatic rings. The highest BCUT2D eigenvalue weighted by molar-refractivity contribution is 5.99. The van der Waals surface area contributed by atoms with E-state index in [4.69, 9.17) is 9.47 Å². The van der Waals surface area contributed by atoms with Crippen LogP contribution in [0, 0.1) is 0 Å². The molecular formula is C23H36N2O7. The van der Waals surface area contributed by atoms with E-state index in [2.05, 4.69) is 22.3 Å². The molecule has 0 aromatic carbocycles. The highest BCUT2D eigenvalue weighted by atomic mass is 16.5. The van der Waals surface area contributed by atoms with E-state index in [9.17, 15) is 19.2 Å². The van der Waals surface area contributed by atoms with Crippen LogP contribution < -0.4 is 10.6 Å². The van der Waals surface area contributed by atoms with Crippen LogP contribution in [0.5, 0.6) is 0 Å². The predicted molar refractivity (Wildman–Crippen MR) is 120 cm³/mol. The molecule has 0 saturated heterocycles. The van der Waals surface area contributed by atoms with Gasteiger partial charge in [0.25, 0.3) is 5.91 Å². The molecule has 0 saturated carbocycles. The minimum Gasteiger partial charge on any atom is -0.502 e. The fourth-order valence-corrected chi connectivity index (χ4v) is 2.48. The number of methoxy groups -OCH3 is 2. The van der Waals surface area contributed by atoms with Crippen molar-refractivity contribution in [2.24, 2.45) is 0 Å². The second-order valence-corrected chi connectivity index (χ2v) is 7.06. The maximum Gasteiger partial charge on any atom is 0.357 e. The number of carbonyl (C=O) groups is 4. The molecule has 0 aromatic heterocycles. The number of ether oxygens (including phenoxy) is 3. The first kappa shape index (κ1) is 28.9. The summed E-state index contributed by atoms with van der Waals surface area (Å²) in [6.07, 6.45) is 13.3. The van der Waals surface area contributed by atoms with Gasteiger partial charge in [0.05, 0.1) is 14.2 Å². The highest BCUT2D eigenvalue weighted by Gasteiger charge is 2.25. The molecule has 0 fully saturated rings. The molecule has 0 rings (SSSR count). The molecule has 0 aliphatic rings. The summed E-state index contributed by atoms with van der Waals surface area (Å²) in [5, 5.41) is 4.80. The van der Waals surface area contributed by atoms with Crippen molar-refractivity contribution < 1.29 is 33.4 Å². The van der Waals surface area contributed by atoms with Gasteiger partial charge in [0.2, 0.25) is 5.91 Å². The van der Waals surface area contributed by atoms with Gasteiger partial charge < -0.3 is 24.8 Å². The molecule has 0 aliphatic heterocycles. The van der Waals surface area contributed by atoms with Crippen molar-refractivity contribution in [3.8, 4) is 0 Å². The molecule has 1 unspecified atom stereocenters. The van der Waals surface area contributed by atoms with Crippen LogP contribution in [0.1, 0.15) is 59.3 Å². The van der Waals surface area contributed by atoms with E-state index in [0.29, 0.717) is 5.57 Å². The first-order chi connectivity index (χ1) is 15.3. The number of hydrogen-bond acceptors (Lipinski definition) is 7. The number of unbranched alkanes of at least 4 members (excludes halogenated alkanes) is 5. The lowest BCUT2D eigenvalue weighted by atomic mass is 10.1. The van der Waals surface area contributed by atoms with Crippen LogP contribution in [-0.2, 0) is 33.4 Å². The molecule has 180 valence electrons. The van der Waals surface area contributed by atoms with E-state index in [-0.39, 0.29) is 5.70 Å². The lowest BCUT2D eigenvalue weighted by molar-refractivity contribution is -0.144. The zero-order chi connectivity index (χ0) is 24.4. The van der Waals surface area contributed by atoms with Gasteiger partial charge in [-0.1, -0.05) is 50.8 Å². The topological polar surface area (TPSA) is 120 Å². The smallest absolute Gasteiger partial charge is 0.357 e. The lowest BCUT2D eigenvalue weighted by Crippen LogP contribution is -2.50. The Labute approximate surface area is 190 Å². The van der Waals surface area contributed by atoms with Crippen molar-refractivity contribution in [2.45, 2.75) is 65.3 Å². The average molecular weight is 453 g/mol. The van der Waals surface area contributed by atoms with Crippen LogP contribution in [0.25, 0.3) is 0 Å². The summed E-state index contributed by atoms with van der Waals surface area (Å²) in [5.74, 6) is -2.75. The number of carbonyl (C=O) groups excluding carboxylic acids is 4. The van der Waals surface area contributed by atoms with Crippen LogP contribution in [0.15, 0.2) is 35.8 Å². The van der Waals surface area contributed by atoms with Gasteiger partial charge in [-0.3, -0.25) is 14.4 Å². The molecule has 0 heterocycles. The van der Waals surface area contributed by atoms with E-state index < -0.39 is 36.4 Å². The van der Waals surface area contributed by atoms with Crippen molar-refractivity contribution in [3.05, 3.63) is 35.8 Å². The zero-order valence-corrected chi connectivity index (χ0v) is 19.7. The molecule has 9 heteroatoms. The molecule has 0 bridgehead atoms. The normalized spacial score (nSPS) is 12.8. The van der Waals surface area contributed by atoms with Crippen molar-refractivity contribution in [3.63, 3.8) is 0 Å². The monoisotopic (exact) mass is 452 g/mol. The van der Waals surface area contributed by atoms with Gasteiger partial charge in [-0.2, -0.15) is 0 Å². The fourth-order valence-electron chi connectivity index (χ4n) is 2.48. The minimum absolute atomic E-state index is 0.267. The summed E-state index contributed by atoms with van der Waals surface area (Å²) in [4.78, 5) is 47.9. The van der Waals surface area contributed by atoms with E-state index in [1.54, 1.807) is 19.1 Å². The third-order valence-electron chi connectivity index (χ3n) is 4.29. The summed E-state index contributed by atoms with van der Waals surface area (Å²) in [7, 11) is 2.43.